The molecule has 1 aliphatic heterocycles. The second-order valence-electron chi connectivity index (χ2n) is 6.36. The molecular weight excluding hydrogens is 420 g/mol. The summed E-state index contributed by atoms with van der Waals surface area (Å²) in [5.74, 6) is -0.124. The largest absolute Gasteiger partial charge is 0.350 e. The maximum atomic E-state index is 12.6. The van der Waals surface area contributed by atoms with Crippen LogP contribution in [0.5, 0.6) is 0 Å². The summed E-state index contributed by atoms with van der Waals surface area (Å²) in [5.41, 5.74) is 1.79. The van der Waals surface area contributed by atoms with Crippen molar-refractivity contribution in [3.8, 4) is 0 Å². The SMILES string of the molecule is O=C(NCC(c1ccsc1)N1CCCCCC1)c1cc(Br)ccc1Cl. The molecule has 1 atom stereocenters. The zero-order valence-electron chi connectivity index (χ0n) is 14.0. The second kappa shape index (κ2) is 9.17. The molecule has 6 heteroatoms. The Hall–Kier alpha value is -0.880. The maximum absolute atomic E-state index is 12.6. The number of amides is 1. The van der Waals surface area contributed by atoms with Gasteiger partial charge in [-0.05, 0) is 66.5 Å². The summed E-state index contributed by atoms with van der Waals surface area (Å²) < 4.78 is 0.851. The van der Waals surface area contributed by atoms with Gasteiger partial charge in [0.1, 0.15) is 0 Å². The molecule has 1 aromatic carbocycles. The number of rotatable bonds is 5. The summed E-state index contributed by atoms with van der Waals surface area (Å²) in [6.07, 6.45) is 5.05. The number of carbonyl (C=O) groups is 1. The third kappa shape index (κ3) is 5.07. The average Bonchev–Trinajstić information content (AvgIpc) is 3.00. The first kappa shape index (κ1) is 18.9. The molecule has 3 rings (SSSR count). The van der Waals surface area contributed by atoms with Crippen molar-refractivity contribution in [2.24, 2.45) is 0 Å². The van der Waals surface area contributed by atoms with Crippen LogP contribution in [0.3, 0.4) is 0 Å². The minimum atomic E-state index is -0.124. The Balaban J connectivity index is 1.72. The van der Waals surface area contributed by atoms with Crippen molar-refractivity contribution >= 4 is 44.8 Å². The van der Waals surface area contributed by atoms with E-state index in [0.29, 0.717) is 17.1 Å². The van der Waals surface area contributed by atoms with Crippen LogP contribution in [0.2, 0.25) is 5.02 Å². The number of carbonyl (C=O) groups excluding carboxylic acids is 1. The lowest BCUT2D eigenvalue weighted by molar-refractivity contribution is 0.0933. The van der Waals surface area contributed by atoms with E-state index in [4.69, 9.17) is 11.6 Å². The molecule has 1 saturated heterocycles. The lowest BCUT2D eigenvalue weighted by Gasteiger charge is -2.30. The van der Waals surface area contributed by atoms with Gasteiger partial charge in [-0.1, -0.05) is 40.4 Å². The van der Waals surface area contributed by atoms with Gasteiger partial charge >= 0.3 is 0 Å². The van der Waals surface area contributed by atoms with Crippen LogP contribution >= 0.6 is 38.9 Å². The molecule has 1 unspecified atom stereocenters. The lowest BCUT2D eigenvalue weighted by atomic mass is 10.1. The Kier molecular flexibility index (Phi) is 6.93. The summed E-state index contributed by atoms with van der Waals surface area (Å²) in [4.78, 5) is 15.1. The Morgan fingerprint density at radius 2 is 2.00 bits per heavy atom. The fourth-order valence-corrected chi connectivity index (χ4v) is 4.56. The normalized spacial score (nSPS) is 17.0. The second-order valence-corrected chi connectivity index (χ2v) is 8.46. The fourth-order valence-electron chi connectivity index (χ4n) is 3.29. The molecule has 0 saturated carbocycles. The van der Waals surface area contributed by atoms with Gasteiger partial charge in [-0.2, -0.15) is 11.3 Å². The van der Waals surface area contributed by atoms with Gasteiger partial charge in [0.2, 0.25) is 0 Å². The molecule has 25 heavy (non-hydrogen) atoms. The Bertz CT molecular complexity index is 699. The summed E-state index contributed by atoms with van der Waals surface area (Å²) >= 11 is 11.3. The maximum Gasteiger partial charge on any atom is 0.252 e. The van der Waals surface area contributed by atoms with Crippen molar-refractivity contribution in [1.29, 1.82) is 0 Å². The van der Waals surface area contributed by atoms with Gasteiger partial charge in [0, 0.05) is 11.0 Å². The van der Waals surface area contributed by atoms with Crippen molar-refractivity contribution in [3.05, 3.63) is 55.6 Å². The highest BCUT2D eigenvalue weighted by molar-refractivity contribution is 9.10. The molecule has 1 N–H and O–H groups in total. The number of halogens is 2. The van der Waals surface area contributed by atoms with Crippen molar-refractivity contribution in [1.82, 2.24) is 10.2 Å². The van der Waals surface area contributed by atoms with Crippen LogP contribution in [0.25, 0.3) is 0 Å². The number of nitrogens with zero attached hydrogens (tertiary/aromatic N) is 1. The van der Waals surface area contributed by atoms with E-state index < -0.39 is 0 Å². The van der Waals surface area contributed by atoms with E-state index in [0.717, 1.165) is 17.6 Å². The highest BCUT2D eigenvalue weighted by atomic mass is 79.9. The number of hydrogen-bond acceptors (Lipinski definition) is 3. The third-order valence-corrected chi connectivity index (χ3v) is 6.16. The van der Waals surface area contributed by atoms with E-state index in [2.05, 4.69) is 43.0 Å². The molecule has 0 radical (unpaired) electrons. The number of likely N-dealkylation sites (tertiary alicyclic amines) is 1. The monoisotopic (exact) mass is 440 g/mol. The number of thiophene rings is 1. The summed E-state index contributed by atoms with van der Waals surface area (Å²) in [7, 11) is 0. The first-order chi connectivity index (χ1) is 12.1. The van der Waals surface area contributed by atoms with Crippen LogP contribution < -0.4 is 5.32 Å². The highest BCUT2D eigenvalue weighted by Crippen LogP contribution is 2.26. The van der Waals surface area contributed by atoms with E-state index in [9.17, 15) is 4.79 Å². The molecule has 0 spiro atoms. The van der Waals surface area contributed by atoms with Crippen LogP contribution in [0, 0.1) is 0 Å². The van der Waals surface area contributed by atoms with Gasteiger partial charge in [0.25, 0.3) is 5.91 Å². The van der Waals surface area contributed by atoms with Crippen molar-refractivity contribution in [3.63, 3.8) is 0 Å². The molecule has 2 heterocycles. The molecule has 1 fully saturated rings. The van der Waals surface area contributed by atoms with Crippen LogP contribution in [-0.2, 0) is 0 Å². The van der Waals surface area contributed by atoms with E-state index in [-0.39, 0.29) is 11.9 Å². The number of nitrogens with one attached hydrogen (secondary N) is 1. The lowest BCUT2D eigenvalue weighted by Crippen LogP contribution is -2.38. The quantitative estimate of drug-likeness (QED) is 0.663. The predicted molar refractivity (Wildman–Crippen MR) is 109 cm³/mol. The van der Waals surface area contributed by atoms with Gasteiger partial charge in [0.15, 0.2) is 0 Å². The first-order valence-corrected chi connectivity index (χ1v) is 10.8. The van der Waals surface area contributed by atoms with E-state index in [1.807, 2.05) is 6.07 Å². The van der Waals surface area contributed by atoms with Gasteiger partial charge < -0.3 is 5.32 Å². The van der Waals surface area contributed by atoms with E-state index >= 15 is 0 Å². The van der Waals surface area contributed by atoms with Crippen LogP contribution in [0.4, 0.5) is 0 Å². The standard InChI is InChI=1S/C19H22BrClN2OS/c20-15-5-6-17(21)16(11-15)19(24)22-12-18(14-7-10-25-13-14)23-8-3-1-2-4-9-23/h5-7,10-11,13,18H,1-4,8-9,12H2,(H,22,24). The molecule has 1 amide bonds. The molecule has 2 aromatic rings. The Morgan fingerprint density at radius 3 is 2.68 bits per heavy atom. The van der Waals surface area contributed by atoms with Gasteiger partial charge in [-0.3, -0.25) is 9.69 Å². The molecule has 0 aliphatic carbocycles. The third-order valence-electron chi connectivity index (χ3n) is 4.64. The Morgan fingerprint density at radius 1 is 1.24 bits per heavy atom. The van der Waals surface area contributed by atoms with Gasteiger partial charge in [0.05, 0.1) is 16.6 Å². The van der Waals surface area contributed by atoms with Gasteiger partial charge in [-0.15, -0.1) is 0 Å². The van der Waals surface area contributed by atoms with Crippen molar-refractivity contribution < 1.29 is 4.79 Å². The number of benzene rings is 1. The van der Waals surface area contributed by atoms with Crippen molar-refractivity contribution in [2.45, 2.75) is 31.7 Å². The highest BCUT2D eigenvalue weighted by Gasteiger charge is 2.23. The smallest absolute Gasteiger partial charge is 0.252 e. The minimum Gasteiger partial charge on any atom is -0.350 e. The van der Waals surface area contributed by atoms with E-state index in [1.54, 1.807) is 23.5 Å². The molecule has 134 valence electrons. The first-order valence-electron chi connectivity index (χ1n) is 8.64. The van der Waals surface area contributed by atoms with Crippen LogP contribution in [0.1, 0.15) is 47.6 Å². The van der Waals surface area contributed by atoms with Gasteiger partial charge in [-0.25, -0.2) is 0 Å². The topological polar surface area (TPSA) is 32.3 Å². The number of hydrogen-bond donors (Lipinski definition) is 1. The van der Waals surface area contributed by atoms with Crippen molar-refractivity contribution in [2.75, 3.05) is 19.6 Å². The zero-order chi connectivity index (χ0) is 17.6. The Labute approximate surface area is 166 Å². The summed E-state index contributed by atoms with van der Waals surface area (Å²) in [6, 6.07) is 7.73. The molecule has 1 aromatic heterocycles. The predicted octanol–water partition coefficient (Wildman–Crippen LogP) is 5.51. The fraction of sp³-hybridized carbons (Fsp3) is 0.421. The van der Waals surface area contributed by atoms with Crippen LogP contribution in [0.15, 0.2) is 39.5 Å². The molecular formula is C19H22BrClN2OS. The molecule has 0 bridgehead atoms. The molecule has 1 aliphatic rings. The van der Waals surface area contributed by atoms with Crippen LogP contribution in [-0.4, -0.2) is 30.4 Å². The van der Waals surface area contributed by atoms with E-state index in [1.165, 1.54) is 31.2 Å². The summed E-state index contributed by atoms with van der Waals surface area (Å²) in [6.45, 7) is 2.78. The summed E-state index contributed by atoms with van der Waals surface area (Å²) in [5, 5.41) is 7.86. The average molecular weight is 442 g/mol. The minimum absolute atomic E-state index is 0.124. The molecule has 3 nitrogen and oxygen atoms in total. The zero-order valence-corrected chi connectivity index (χ0v) is 17.2.